The average Bonchev–Trinajstić information content (AvgIpc) is 2.27. The van der Waals surface area contributed by atoms with E-state index in [2.05, 4.69) is 4.98 Å². The Balaban J connectivity index is 2.39. The fourth-order valence-electron chi connectivity index (χ4n) is 1.48. The van der Waals surface area contributed by atoms with Crippen molar-refractivity contribution in [3.8, 4) is 0 Å². The molecule has 0 saturated carbocycles. The number of amides is 1. The Morgan fingerprint density at radius 3 is 2.56 bits per heavy atom. The lowest BCUT2D eigenvalue weighted by atomic mass is 10.1. The van der Waals surface area contributed by atoms with Crippen molar-refractivity contribution in [2.45, 2.75) is 6.42 Å². The van der Waals surface area contributed by atoms with Crippen LogP contribution in [0.1, 0.15) is 16.9 Å². The number of nitrogens with zero attached hydrogens (tertiary/aromatic N) is 1. The van der Waals surface area contributed by atoms with E-state index in [-0.39, 0.29) is 17.9 Å². The maximum atomic E-state index is 11.5. The van der Waals surface area contributed by atoms with Gasteiger partial charge in [0.1, 0.15) is 5.69 Å². The number of fused-ring (bicyclic) bond motifs is 1. The number of aromatic nitrogens is 1. The molecule has 1 aromatic heterocycles. The second-order valence-electron chi connectivity index (χ2n) is 3.48. The third-order valence-electron chi connectivity index (χ3n) is 2.25. The van der Waals surface area contributed by atoms with Gasteiger partial charge in [-0.1, -0.05) is 24.3 Å². The minimum atomic E-state index is -0.639. The number of nitrogens with two attached hydrogens (primary N) is 1. The lowest BCUT2D eigenvalue weighted by molar-refractivity contribution is -0.117. The van der Waals surface area contributed by atoms with Crippen LogP contribution in [-0.4, -0.2) is 16.7 Å². The molecule has 1 aromatic carbocycles. The van der Waals surface area contributed by atoms with Crippen LogP contribution in [0, 0.1) is 0 Å². The largest absolute Gasteiger partial charge is 0.369 e. The van der Waals surface area contributed by atoms with Gasteiger partial charge in [-0.3, -0.25) is 14.6 Å². The number of rotatable bonds is 3. The Kier molecular flexibility index (Phi) is 2.64. The summed E-state index contributed by atoms with van der Waals surface area (Å²) in [5.74, 6) is -0.988. The molecule has 0 aliphatic heterocycles. The van der Waals surface area contributed by atoms with Crippen molar-refractivity contribution >= 4 is 22.5 Å². The molecular weight excluding hydrogens is 204 g/mol. The zero-order valence-electron chi connectivity index (χ0n) is 8.51. The fraction of sp³-hybridized carbons (Fsp3) is 0.0833. The molecule has 4 nitrogen and oxygen atoms in total. The number of Topliss-reactive ketones (excluding diaryl/α,β-unsaturated/α-hetero) is 1. The Bertz CT molecular complexity index is 564. The highest BCUT2D eigenvalue weighted by molar-refractivity contribution is 6.07. The summed E-state index contributed by atoms with van der Waals surface area (Å²) in [5.41, 5.74) is 5.23. The summed E-state index contributed by atoms with van der Waals surface area (Å²) in [4.78, 5) is 26.2. The zero-order chi connectivity index (χ0) is 11.5. The molecule has 0 atom stereocenters. The van der Waals surface area contributed by atoms with E-state index in [1.165, 1.54) is 0 Å². The first-order valence-corrected chi connectivity index (χ1v) is 4.83. The number of hydrogen-bond donors (Lipinski definition) is 1. The first-order valence-electron chi connectivity index (χ1n) is 4.83. The third kappa shape index (κ3) is 2.06. The van der Waals surface area contributed by atoms with E-state index >= 15 is 0 Å². The smallest absolute Gasteiger partial charge is 0.225 e. The summed E-state index contributed by atoms with van der Waals surface area (Å²) in [5, 5.41) is 1.88. The van der Waals surface area contributed by atoms with Crippen LogP contribution in [0.15, 0.2) is 36.5 Å². The van der Waals surface area contributed by atoms with E-state index in [9.17, 15) is 9.59 Å². The number of carbonyl (C=O) groups excluding carboxylic acids is 2. The summed E-state index contributed by atoms with van der Waals surface area (Å²) in [6.45, 7) is 0. The first-order chi connectivity index (χ1) is 7.66. The number of ketones is 1. The van der Waals surface area contributed by atoms with Gasteiger partial charge in [0.05, 0.1) is 6.42 Å². The molecule has 2 N–H and O–H groups in total. The lowest BCUT2D eigenvalue weighted by Crippen LogP contribution is -2.16. The van der Waals surface area contributed by atoms with Gasteiger partial charge < -0.3 is 5.73 Å². The van der Waals surface area contributed by atoms with E-state index in [4.69, 9.17) is 5.73 Å². The molecule has 2 aromatic rings. The van der Waals surface area contributed by atoms with E-state index in [1.807, 2.05) is 24.3 Å². The van der Waals surface area contributed by atoms with Crippen molar-refractivity contribution in [2.75, 3.05) is 0 Å². The first kappa shape index (κ1) is 10.3. The SMILES string of the molecule is NC(=O)CC(=O)c1cc2ccccc2cn1. The summed E-state index contributed by atoms with van der Waals surface area (Å²) >= 11 is 0. The van der Waals surface area contributed by atoms with Crippen molar-refractivity contribution in [3.05, 3.63) is 42.2 Å². The normalized spacial score (nSPS) is 10.2. The van der Waals surface area contributed by atoms with Crippen LogP contribution in [0.5, 0.6) is 0 Å². The molecule has 4 heteroatoms. The summed E-state index contributed by atoms with van der Waals surface area (Å²) in [7, 11) is 0. The summed E-state index contributed by atoms with van der Waals surface area (Å²) in [6.07, 6.45) is 1.31. The summed E-state index contributed by atoms with van der Waals surface area (Å²) < 4.78 is 0. The molecule has 2 rings (SSSR count). The van der Waals surface area contributed by atoms with E-state index < -0.39 is 5.91 Å². The number of pyridine rings is 1. The molecule has 0 aliphatic carbocycles. The minimum Gasteiger partial charge on any atom is -0.369 e. The van der Waals surface area contributed by atoms with Crippen molar-refractivity contribution < 1.29 is 9.59 Å². The number of hydrogen-bond acceptors (Lipinski definition) is 3. The van der Waals surface area contributed by atoms with E-state index in [0.29, 0.717) is 0 Å². The van der Waals surface area contributed by atoms with Gasteiger partial charge in [-0.05, 0) is 11.5 Å². The zero-order valence-corrected chi connectivity index (χ0v) is 8.51. The molecule has 0 bridgehead atoms. The monoisotopic (exact) mass is 214 g/mol. The second-order valence-corrected chi connectivity index (χ2v) is 3.48. The van der Waals surface area contributed by atoms with Crippen LogP contribution in [0.2, 0.25) is 0 Å². The maximum Gasteiger partial charge on any atom is 0.225 e. The molecule has 80 valence electrons. The Morgan fingerprint density at radius 2 is 1.88 bits per heavy atom. The van der Waals surface area contributed by atoms with Crippen molar-refractivity contribution in [1.29, 1.82) is 0 Å². The molecular formula is C12H10N2O2. The topological polar surface area (TPSA) is 73.1 Å². The molecule has 0 spiro atoms. The van der Waals surface area contributed by atoms with Gasteiger partial charge in [-0.15, -0.1) is 0 Å². The van der Waals surface area contributed by atoms with Gasteiger partial charge in [0.15, 0.2) is 5.78 Å². The summed E-state index contributed by atoms with van der Waals surface area (Å²) in [6, 6.07) is 9.24. The number of primary amides is 1. The molecule has 0 aliphatic rings. The number of carbonyl (C=O) groups is 2. The second kappa shape index (κ2) is 4.10. The van der Waals surface area contributed by atoms with Gasteiger partial charge >= 0.3 is 0 Å². The molecule has 16 heavy (non-hydrogen) atoms. The standard InChI is InChI=1S/C12H10N2O2/c13-12(16)6-11(15)10-5-8-3-1-2-4-9(8)7-14-10/h1-5,7H,6H2,(H2,13,16). The van der Waals surface area contributed by atoms with Crippen LogP contribution < -0.4 is 5.73 Å². The van der Waals surface area contributed by atoms with Crippen molar-refractivity contribution in [1.82, 2.24) is 4.98 Å². The van der Waals surface area contributed by atoms with E-state index in [0.717, 1.165) is 10.8 Å². The Hall–Kier alpha value is -2.23. The van der Waals surface area contributed by atoms with Crippen molar-refractivity contribution in [2.24, 2.45) is 5.73 Å². The van der Waals surface area contributed by atoms with Gasteiger partial charge in [0, 0.05) is 11.6 Å². The highest BCUT2D eigenvalue weighted by Crippen LogP contribution is 2.14. The minimum absolute atomic E-state index is 0.275. The van der Waals surface area contributed by atoms with Crippen molar-refractivity contribution in [3.63, 3.8) is 0 Å². The van der Waals surface area contributed by atoms with Crippen LogP contribution in [0.4, 0.5) is 0 Å². The van der Waals surface area contributed by atoms with Crippen LogP contribution in [0.25, 0.3) is 10.8 Å². The van der Waals surface area contributed by atoms with Crippen LogP contribution in [-0.2, 0) is 4.79 Å². The predicted molar refractivity (Wildman–Crippen MR) is 59.9 cm³/mol. The molecule has 0 unspecified atom stereocenters. The highest BCUT2D eigenvalue weighted by Gasteiger charge is 2.10. The van der Waals surface area contributed by atoms with Crippen LogP contribution in [0.3, 0.4) is 0 Å². The van der Waals surface area contributed by atoms with Gasteiger partial charge in [0.2, 0.25) is 5.91 Å². The highest BCUT2D eigenvalue weighted by atomic mass is 16.2. The molecule has 0 radical (unpaired) electrons. The fourth-order valence-corrected chi connectivity index (χ4v) is 1.48. The van der Waals surface area contributed by atoms with Gasteiger partial charge in [-0.25, -0.2) is 0 Å². The van der Waals surface area contributed by atoms with Gasteiger partial charge in [-0.2, -0.15) is 0 Å². The lowest BCUT2D eigenvalue weighted by Gasteiger charge is -2.00. The quantitative estimate of drug-likeness (QED) is 0.618. The third-order valence-corrected chi connectivity index (χ3v) is 2.25. The van der Waals surface area contributed by atoms with Gasteiger partial charge in [0.25, 0.3) is 0 Å². The molecule has 1 amide bonds. The number of benzene rings is 1. The molecule has 0 saturated heterocycles. The van der Waals surface area contributed by atoms with Crippen LogP contribution >= 0.6 is 0 Å². The maximum absolute atomic E-state index is 11.5. The Morgan fingerprint density at radius 1 is 1.19 bits per heavy atom. The molecule has 0 fully saturated rings. The Labute approximate surface area is 92.1 Å². The average molecular weight is 214 g/mol. The van der Waals surface area contributed by atoms with E-state index in [1.54, 1.807) is 12.3 Å². The predicted octanol–water partition coefficient (Wildman–Crippen LogP) is 1.29. The molecule has 1 heterocycles.